The highest BCUT2D eigenvalue weighted by Crippen LogP contribution is 2.22. The van der Waals surface area contributed by atoms with Crippen molar-refractivity contribution in [2.75, 3.05) is 13.6 Å². The Morgan fingerprint density at radius 3 is 2.67 bits per heavy atom. The second-order valence-electron chi connectivity index (χ2n) is 3.95. The molecule has 0 unspecified atom stereocenters. The van der Waals surface area contributed by atoms with E-state index in [-0.39, 0.29) is 0 Å². The van der Waals surface area contributed by atoms with Crippen LogP contribution in [0.5, 0.6) is 0 Å². The third-order valence-corrected chi connectivity index (χ3v) is 3.39. The lowest BCUT2D eigenvalue weighted by Crippen LogP contribution is -2.46. The van der Waals surface area contributed by atoms with E-state index in [2.05, 4.69) is 16.3 Å². The van der Waals surface area contributed by atoms with Crippen LogP contribution < -0.4 is 5.32 Å². The molecule has 0 aliphatic heterocycles. The van der Waals surface area contributed by atoms with Gasteiger partial charge in [0.1, 0.15) is 0 Å². The summed E-state index contributed by atoms with van der Waals surface area (Å²) in [6, 6.07) is 2.74. The topological polar surface area (TPSA) is 39.1 Å². The highest BCUT2D eigenvalue weighted by molar-refractivity contribution is 7.80. The van der Waals surface area contributed by atoms with E-state index in [1.807, 2.05) is 7.05 Å². The standard InChI is InChI=1S/C11H19N3S/c1-13-11(15)14(9-5-8-12)10-6-3-2-4-7-10/h10H,2-7,9H2,1H3,(H,13,15). The van der Waals surface area contributed by atoms with Crippen LogP contribution in [-0.2, 0) is 0 Å². The Morgan fingerprint density at radius 2 is 2.13 bits per heavy atom. The molecule has 0 radical (unpaired) electrons. The molecule has 3 nitrogen and oxygen atoms in total. The van der Waals surface area contributed by atoms with E-state index >= 15 is 0 Å². The summed E-state index contributed by atoms with van der Waals surface area (Å²) >= 11 is 5.28. The van der Waals surface area contributed by atoms with Crippen LogP contribution in [0.4, 0.5) is 0 Å². The highest BCUT2D eigenvalue weighted by atomic mass is 32.1. The van der Waals surface area contributed by atoms with Gasteiger partial charge in [-0.1, -0.05) is 19.3 Å². The fourth-order valence-corrected chi connectivity index (χ4v) is 2.40. The predicted molar refractivity (Wildman–Crippen MR) is 65.5 cm³/mol. The van der Waals surface area contributed by atoms with Gasteiger partial charge in [0.05, 0.1) is 12.5 Å². The monoisotopic (exact) mass is 225 g/mol. The van der Waals surface area contributed by atoms with Crippen LogP contribution in [0.25, 0.3) is 0 Å². The second kappa shape index (κ2) is 6.62. The minimum Gasteiger partial charge on any atom is -0.366 e. The first-order valence-electron chi connectivity index (χ1n) is 5.65. The molecule has 0 atom stereocenters. The molecule has 15 heavy (non-hydrogen) atoms. The van der Waals surface area contributed by atoms with Gasteiger partial charge in [0, 0.05) is 19.6 Å². The number of nitriles is 1. The van der Waals surface area contributed by atoms with Gasteiger partial charge in [-0.05, 0) is 25.1 Å². The summed E-state index contributed by atoms with van der Waals surface area (Å²) < 4.78 is 0. The average Bonchev–Trinajstić information content (AvgIpc) is 2.30. The van der Waals surface area contributed by atoms with E-state index in [4.69, 9.17) is 17.5 Å². The van der Waals surface area contributed by atoms with Crippen molar-refractivity contribution in [3.05, 3.63) is 0 Å². The van der Waals surface area contributed by atoms with Crippen molar-refractivity contribution in [1.82, 2.24) is 10.2 Å². The fourth-order valence-electron chi connectivity index (χ4n) is 2.16. The number of rotatable bonds is 3. The van der Waals surface area contributed by atoms with Crippen molar-refractivity contribution in [1.29, 1.82) is 5.26 Å². The van der Waals surface area contributed by atoms with Gasteiger partial charge in [-0.15, -0.1) is 0 Å². The van der Waals surface area contributed by atoms with Gasteiger partial charge in [-0.2, -0.15) is 5.26 Å². The van der Waals surface area contributed by atoms with Gasteiger partial charge in [-0.3, -0.25) is 0 Å². The molecule has 1 aliphatic rings. The number of hydrogen-bond acceptors (Lipinski definition) is 2. The van der Waals surface area contributed by atoms with Crippen LogP contribution in [-0.4, -0.2) is 29.6 Å². The Bertz CT molecular complexity index is 241. The van der Waals surface area contributed by atoms with E-state index < -0.39 is 0 Å². The molecule has 0 amide bonds. The van der Waals surface area contributed by atoms with Gasteiger partial charge in [0.15, 0.2) is 5.11 Å². The summed E-state index contributed by atoms with van der Waals surface area (Å²) in [6.07, 6.45) is 6.91. The van der Waals surface area contributed by atoms with E-state index in [0.29, 0.717) is 12.5 Å². The lowest BCUT2D eigenvalue weighted by molar-refractivity contribution is 0.245. The predicted octanol–water partition coefficient (Wildman–Crippen LogP) is 2.04. The first-order chi connectivity index (χ1) is 7.29. The Morgan fingerprint density at radius 1 is 1.47 bits per heavy atom. The summed E-state index contributed by atoms with van der Waals surface area (Å²) in [6.45, 7) is 0.765. The van der Waals surface area contributed by atoms with E-state index in [1.54, 1.807) is 0 Å². The summed E-state index contributed by atoms with van der Waals surface area (Å²) in [5, 5.41) is 12.4. The molecule has 1 saturated carbocycles. The molecule has 1 fully saturated rings. The molecule has 1 rings (SSSR count). The Labute approximate surface area is 97.4 Å². The molecular weight excluding hydrogens is 206 g/mol. The van der Waals surface area contributed by atoms with Crippen LogP contribution in [0.1, 0.15) is 38.5 Å². The molecule has 84 valence electrons. The number of nitrogens with zero attached hydrogens (tertiary/aromatic N) is 2. The molecule has 0 bridgehead atoms. The normalized spacial score (nSPS) is 16.8. The summed E-state index contributed by atoms with van der Waals surface area (Å²) in [5.41, 5.74) is 0. The smallest absolute Gasteiger partial charge is 0.168 e. The summed E-state index contributed by atoms with van der Waals surface area (Å²) in [7, 11) is 1.85. The van der Waals surface area contributed by atoms with Gasteiger partial charge >= 0.3 is 0 Å². The van der Waals surface area contributed by atoms with Crippen molar-refractivity contribution < 1.29 is 0 Å². The lowest BCUT2D eigenvalue weighted by Gasteiger charge is -2.35. The molecule has 1 N–H and O–H groups in total. The highest BCUT2D eigenvalue weighted by Gasteiger charge is 2.22. The maximum atomic E-state index is 8.63. The third-order valence-electron chi connectivity index (χ3n) is 2.95. The molecule has 0 aromatic carbocycles. The van der Waals surface area contributed by atoms with Gasteiger partial charge < -0.3 is 10.2 Å². The Kier molecular flexibility index (Phi) is 5.41. The van der Waals surface area contributed by atoms with Gasteiger partial charge in [0.25, 0.3) is 0 Å². The molecular formula is C11H19N3S. The maximum absolute atomic E-state index is 8.63. The number of thiocarbonyl (C=S) groups is 1. The molecule has 1 aliphatic carbocycles. The number of hydrogen-bond donors (Lipinski definition) is 1. The molecule has 4 heteroatoms. The fraction of sp³-hybridized carbons (Fsp3) is 0.818. The quantitative estimate of drug-likeness (QED) is 0.746. The summed E-state index contributed by atoms with van der Waals surface area (Å²) in [5.74, 6) is 0. The Hall–Kier alpha value is -0.820. The molecule has 0 aromatic heterocycles. The Balaban J connectivity index is 2.53. The van der Waals surface area contributed by atoms with Gasteiger partial charge in [-0.25, -0.2) is 0 Å². The van der Waals surface area contributed by atoms with Crippen molar-refractivity contribution in [2.24, 2.45) is 0 Å². The zero-order chi connectivity index (χ0) is 11.1. The zero-order valence-corrected chi connectivity index (χ0v) is 10.1. The molecule has 0 heterocycles. The third kappa shape index (κ3) is 3.67. The summed E-state index contributed by atoms with van der Waals surface area (Å²) in [4.78, 5) is 2.19. The second-order valence-corrected chi connectivity index (χ2v) is 4.34. The first kappa shape index (κ1) is 12.3. The maximum Gasteiger partial charge on any atom is 0.168 e. The minimum atomic E-state index is 0.548. The van der Waals surface area contributed by atoms with Crippen LogP contribution in [0, 0.1) is 11.3 Å². The van der Waals surface area contributed by atoms with E-state index in [0.717, 1.165) is 11.7 Å². The van der Waals surface area contributed by atoms with Crippen molar-refractivity contribution in [3.8, 4) is 6.07 Å². The molecule has 0 saturated heterocycles. The van der Waals surface area contributed by atoms with Crippen LogP contribution >= 0.6 is 12.2 Å². The van der Waals surface area contributed by atoms with Crippen LogP contribution in [0.2, 0.25) is 0 Å². The first-order valence-corrected chi connectivity index (χ1v) is 6.05. The van der Waals surface area contributed by atoms with Crippen LogP contribution in [0.15, 0.2) is 0 Å². The molecule has 0 aromatic rings. The van der Waals surface area contributed by atoms with Crippen molar-refractivity contribution in [3.63, 3.8) is 0 Å². The lowest BCUT2D eigenvalue weighted by atomic mass is 9.94. The van der Waals surface area contributed by atoms with Crippen molar-refractivity contribution in [2.45, 2.75) is 44.6 Å². The largest absolute Gasteiger partial charge is 0.366 e. The van der Waals surface area contributed by atoms with E-state index in [9.17, 15) is 0 Å². The van der Waals surface area contributed by atoms with Crippen LogP contribution in [0.3, 0.4) is 0 Å². The van der Waals surface area contributed by atoms with Crippen molar-refractivity contribution >= 4 is 17.3 Å². The van der Waals surface area contributed by atoms with E-state index in [1.165, 1.54) is 32.1 Å². The number of nitrogens with one attached hydrogen (secondary N) is 1. The SMILES string of the molecule is CNC(=S)N(CCC#N)C1CCCCC1. The van der Waals surface area contributed by atoms with Gasteiger partial charge in [0.2, 0.25) is 0 Å². The minimum absolute atomic E-state index is 0.548. The molecule has 0 spiro atoms. The zero-order valence-electron chi connectivity index (χ0n) is 9.33. The average molecular weight is 225 g/mol.